The number of thioether (sulfide) groups is 1. The van der Waals surface area contributed by atoms with Crippen LogP contribution in [0.1, 0.15) is 51.4 Å². The standard InChI is InChI=1S/C16H26N4O4S/c1-7-9-20(15(22)24-16(3,4)5)19-12-11(13(21)23-8-2)10-17-14(18-12)25-6/h10H,7-9H2,1-6H3,(H,17,18,19). The van der Waals surface area contributed by atoms with E-state index in [4.69, 9.17) is 9.47 Å². The summed E-state index contributed by atoms with van der Waals surface area (Å²) in [6, 6.07) is 0. The summed E-state index contributed by atoms with van der Waals surface area (Å²) in [4.78, 5) is 32.9. The highest BCUT2D eigenvalue weighted by Crippen LogP contribution is 2.19. The third-order valence-corrected chi connectivity index (χ3v) is 3.31. The van der Waals surface area contributed by atoms with Crippen molar-refractivity contribution in [3.63, 3.8) is 0 Å². The van der Waals surface area contributed by atoms with Crippen LogP contribution in [0.25, 0.3) is 0 Å². The van der Waals surface area contributed by atoms with Gasteiger partial charge < -0.3 is 9.47 Å². The molecule has 0 atom stereocenters. The number of hydrazine groups is 1. The summed E-state index contributed by atoms with van der Waals surface area (Å²) in [7, 11) is 0. The third kappa shape index (κ3) is 6.77. The van der Waals surface area contributed by atoms with Gasteiger partial charge in [0.2, 0.25) is 0 Å². The van der Waals surface area contributed by atoms with E-state index in [2.05, 4.69) is 15.4 Å². The molecule has 9 heteroatoms. The van der Waals surface area contributed by atoms with E-state index >= 15 is 0 Å². The molecule has 1 aromatic heterocycles. The molecule has 0 aromatic carbocycles. The Balaban J connectivity index is 3.13. The normalized spacial score (nSPS) is 11.0. The van der Waals surface area contributed by atoms with Gasteiger partial charge in [-0.1, -0.05) is 18.7 Å². The number of esters is 1. The Morgan fingerprint density at radius 1 is 1.32 bits per heavy atom. The van der Waals surface area contributed by atoms with Gasteiger partial charge in [-0.15, -0.1) is 0 Å². The van der Waals surface area contributed by atoms with Crippen molar-refractivity contribution in [2.45, 2.75) is 51.8 Å². The number of hydrogen-bond donors (Lipinski definition) is 1. The van der Waals surface area contributed by atoms with Gasteiger partial charge in [-0.05, 0) is 40.4 Å². The van der Waals surface area contributed by atoms with Gasteiger partial charge in [-0.2, -0.15) is 0 Å². The first-order chi connectivity index (χ1) is 11.7. The minimum Gasteiger partial charge on any atom is -0.462 e. The van der Waals surface area contributed by atoms with Gasteiger partial charge in [-0.25, -0.2) is 24.6 Å². The summed E-state index contributed by atoms with van der Waals surface area (Å²) in [5.41, 5.74) is 2.40. The monoisotopic (exact) mass is 370 g/mol. The first-order valence-electron chi connectivity index (χ1n) is 8.07. The molecule has 0 spiro atoms. The van der Waals surface area contributed by atoms with E-state index in [1.54, 1.807) is 27.7 Å². The van der Waals surface area contributed by atoms with Gasteiger partial charge in [0.15, 0.2) is 11.0 Å². The third-order valence-electron chi connectivity index (χ3n) is 2.75. The largest absolute Gasteiger partial charge is 0.462 e. The number of rotatable bonds is 7. The van der Waals surface area contributed by atoms with E-state index in [9.17, 15) is 9.59 Å². The van der Waals surface area contributed by atoms with Gasteiger partial charge >= 0.3 is 12.1 Å². The van der Waals surface area contributed by atoms with Crippen LogP contribution in [0, 0.1) is 0 Å². The highest BCUT2D eigenvalue weighted by atomic mass is 32.2. The second-order valence-electron chi connectivity index (χ2n) is 6.08. The van der Waals surface area contributed by atoms with Crippen molar-refractivity contribution in [2.75, 3.05) is 24.8 Å². The molecular weight excluding hydrogens is 344 g/mol. The highest BCUT2D eigenvalue weighted by molar-refractivity contribution is 7.98. The first-order valence-corrected chi connectivity index (χ1v) is 9.29. The average Bonchev–Trinajstić information content (AvgIpc) is 2.52. The van der Waals surface area contributed by atoms with Gasteiger partial charge in [0, 0.05) is 12.7 Å². The molecule has 1 N–H and O–H groups in total. The number of hydrogen-bond acceptors (Lipinski definition) is 8. The molecule has 0 unspecified atom stereocenters. The zero-order valence-electron chi connectivity index (χ0n) is 15.6. The summed E-state index contributed by atoms with van der Waals surface area (Å²) in [5.74, 6) is -0.351. The summed E-state index contributed by atoms with van der Waals surface area (Å²) >= 11 is 1.33. The summed E-state index contributed by atoms with van der Waals surface area (Å²) in [5, 5.41) is 1.76. The van der Waals surface area contributed by atoms with Crippen molar-refractivity contribution >= 4 is 29.6 Å². The lowest BCUT2D eigenvalue weighted by Crippen LogP contribution is -2.41. The Morgan fingerprint density at radius 2 is 2.00 bits per heavy atom. The smallest absolute Gasteiger partial charge is 0.429 e. The topological polar surface area (TPSA) is 93.6 Å². The van der Waals surface area contributed by atoms with Gasteiger partial charge in [-0.3, -0.25) is 5.43 Å². The van der Waals surface area contributed by atoms with E-state index in [0.29, 0.717) is 18.1 Å². The molecule has 1 heterocycles. The van der Waals surface area contributed by atoms with Gasteiger partial charge in [0.05, 0.1) is 6.61 Å². The maximum Gasteiger partial charge on any atom is 0.429 e. The zero-order chi connectivity index (χ0) is 19.0. The fourth-order valence-corrected chi connectivity index (χ4v) is 2.11. The van der Waals surface area contributed by atoms with Crippen LogP contribution in [-0.2, 0) is 9.47 Å². The van der Waals surface area contributed by atoms with Crippen LogP contribution >= 0.6 is 11.8 Å². The van der Waals surface area contributed by atoms with Crippen molar-refractivity contribution in [2.24, 2.45) is 0 Å². The number of ether oxygens (including phenoxy) is 2. The van der Waals surface area contributed by atoms with E-state index < -0.39 is 17.7 Å². The Labute approximate surface area is 152 Å². The molecule has 0 fully saturated rings. The first kappa shape index (κ1) is 21.0. The molecule has 1 aromatic rings. The Hall–Kier alpha value is -2.03. The minimum atomic E-state index is -0.634. The molecule has 0 saturated carbocycles. The minimum absolute atomic E-state index is 0.157. The van der Waals surface area contributed by atoms with E-state index in [-0.39, 0.29) is 18.0 Å². The molecule has 25 heavy (non-hydrogen) atoms. The number of carbonyl (C=O) groups is 2. The lowest BCUT2D eigenvalue weighted by atomic mass is 10.2. The molecule has 1 rings (SSSR count). The van der Waals surface area contributed by atoms with Crippen LogP contribution < -0.4 is 5.43 Å². The number of nitrogens with one attached hydrogen (secondary N) is 1. The molecule has 0 saturated heterocycles. The zero-order valence-corrected chi connectivity index (χ0v) is 16.4. The SMILES string of the molecule is CCCN(Nc1nc(SC)ncc1C(=O)OCC)C(=O)OC(C)(C)C. The second kappa shape index (κ2) is 9.45. The summed E-state index contributed by atoms with van der Waals surface area (Å²) in [6.07, 6.45) is 3.36. The number of amides is 1. The van der Waals surface area contributed by atoms with E-state index in [1.807, 2.05) is 13.2 Å². The number of carbonyl (C=O) groups excluding carboxylic acids is 2. The Kier molecular flexibility index (Phi) is 7.95. The van der Waals surface area contributed by atoms with Crippen molar-refractivity contribution in [1.82, 2.24) is 15.0 Å². The maximum absolute atomic E-state index is 12.4. The lowest BCUT2D eigenvalue weighted by Gasteiger charge is -2.28. The molecule has 140 valence electrons. The predicted octanol–water partition coefficient (Wildman–Crippen LogP) is 3.35. The van der Waals surface area contributed by atoms with Gasteiger partial charge in [0.1, 0.15) is 11.2 Å². The molecule has 0 radical (unpaired) electrons. The molecule has 0 aliphatic rings. The number of anilines is 1. The van der Waals surface area contributed by atoms with Crippen LogP contribution in [0.5, 0.6) is 0 Å². The second-order valence-corrected chi connectivity index (χ2v) is 6.86. The fourth-order valence-electron chi connectivity index (χ4n) is 1.77. The van der Waals surface area contributed by atoms with Crippen LogP contribution in [0.15, 0.2) is 11.4 Å². The van der Waals surface area contributed by atoms with Crippen molar-refractivity contribution in [3.8, 4) is 0 Å². The van der Waals surface area contributed by atoms with E-state index in [1.165, 1.54) is 23.0 Å². The highest BCUT2D eigenvalue weighted by Gasteiger charge is 2.24. The van der Waals surface area contributed by atoms with Crippen molar-refractivity contribution in [3.05, 3.63) is 11.8 Å². The van der Waals surface area contributed by atoms with Crippen molar-refractivity contribution < 1.29 is 19.1 Å². The number of nitrogens with zero attached hydrogens (tertiary/aromatic N) is 3. The predicted molar refractivity (Wildman–Crippen MR) is 96.6 cm³/mol. The Morgan fingerprint density at radius 3 is 2.52 bits per heavy atom. The summed E-state index contributed by atoms with van der Waals surface area (Å²) in [6.45, 7) is 9.62. The van der Waals surface area contributed by atoms with Gasteiger partial charge in [0.25, 0.3) is 0 Å². The van der Waals surface area contributed by atoms with E-state index in [0.717, 1.165) is 0 Å². The lowest BCUT2D eigenvalue weighted by molar-refractivity contribution is 0.0293. The fraction of sp³-hybridized carbons (Fsp3) is 0.625. The molecule has 0 aliphatic carbocycles. The van der Waals surface area contributed by atoms with Crippen LogP contribution in [0.4, 0.5) is 10.6 Å². The number of aromatic nitrogens is 2. The molecule has 0 aliphatic heterocycles. The molecule has 1 amide bonds. The molecule has 8 nitrogen and oxygen atoms in total. The quantitative estimate of drug-likeness (QED) is 0.338. The average molecular weight is 370 g/mol. The van der Waals surface area contributed by atoms with Crippen LogP contribution in [0.2, 0.25) is 0 Å². The van der Waals surface area contributed by atoms with Crippen LogP contribution in [-0.4, -0.2) is 52.0 Å². The molecule has 0 bridgehead atoms. The summed E-state index contributed by atoms with van der Waals surface area (Å²) < 4.78 is 10.4. The van der Waals surface area contributed by atoms with Crippen molar-refractivity contribution in [1.29, 1.82) is 0 Å². The van der Waals surface area contributed by atoms with Crippen LogP contribution in [0.3, 0.4) is 0 Å². The Bertz CT molecular complexity index is 604. The molecular formula is C16H26N4O4S. The maximum atomic E-state index is 12.4.